The molecule has 0 amide bonds. The fourth-order valence-electron chi connectivity index (χ4n) is 1.19. The monoisotopic (exact) mass is 194 g/mol. The van der Waals surface area contributed by atoms with Gasteiger partial charge >= 0.3 is 0 Å². The Labute approximate surface area is 87.9 Å². The zero-order chi connectivity index (χ0) is 10.8. The van der Waals surface area contributed by atoms with E-state index in [1.807, 2.05) is 0 Å². The largest absolute Gasteiger partial charge is 0.303 e. The van der Waals surface area contributed by atoms with Gasteiger partial charge in [0.2, 0.25) is 0 Å². The Hall–Kier alpha value is -0.850. The van der Waals surface area contributed by atoms with Gasteiger partial charge in [0.15, 0.2) is 0 Å². The molecule has 0 aromatic rings. The van der Waals surface area contributed by atoms with Crippen LogP contribution < -0.4 is 0 Å². The quantitative estimate of drug-likeness (QED) is 0.339. The van der Waals surface area contributed by atoms with Crippen molar-refractivity contribution in [3.63, 3.8) is 0 Å². The molecule has 0 rings (SSSR count). The lowest BCUT2D eigenvalue weighted by atomic mass is 10.1. The third-order valence-corrected chi connectivity index (χ3v) is 2.37. The lowest BCUT2D eigenvalue weighted by Gasteiger charge is -1.99. The van der Waals surface area contributed by atoms with E-state index in [0.29, 0.717) is 6.42 Å². The highest BCUT2D eigenvalue weighted by Gasteiger charge is 1.89. The molecular formula is C13H22O. The lowest BCUT2D eigenvalue weighted by molar-refractivity contribution is -0.107. The molecule has 0 radical (unpaired) electrons. The van der Waals surface area contributed by atoms with E-state index >= 15 is 0 Å². The molecule has 0 saturated carbocycles. The van der Waals surface area contributed by atoms with E-state index in [9.17, 15) is 4.79 Å². The third-order valence-electron chi connectivity index (χ3n) is 2.37. The van der Waals surface area contributed by atoms with Crippen LogP contribution in [0.1, 0.15) is 52.9 Å². The summed E-state index contributed by atoms with van der Waals surface area (Å²) in [5.41, 5.74) is 2.86. The average molecular weight is 194 g/mol. The van der Waals surface area contributed by atoms with Crippen molar-refractivity contribution >= 4 is 6.29 Å². The predicted octanol–water partition coefficient (Wildman–Crippen LogP) is 4.05. The van der Waals surface area contributed by atoms with Gasteiger partial charge in [-0.1, -0.05) is 30.2 Å². The van der Waals surface area contributed by atoms with E-state index in [0.717, 1.165) is 32.0 Å². The Morgan fingerprint density at radius 3 is 2.21 bits per heavy atom. The molecule has 0 unspecified atom stereocenters. The highest BCUT2D eigenvalue weighted by molar-refractivity contribution is 5.49. The standard InChI is InChI=1S/C13H22O/c1-4-12(2)9-7-10-13(3)8-5-6-11-14/h8-9,11H,4-7,10H2,1-3H3/b12-9+,13-8+. The summed E-state index contributed by atoms with van der Waals surface area (Å²) < 4.78 is 0. The normalized spacial score (nSPS) is 13.1. The Morgan fingerprint density at radius 2 is 1.64 bits per heavy atom. The van der Waals surface area contributed by atoms with Crippen molar-refractivity contribution in [3.05, 3.63) is 23.3 Å². The van der Waals surface area contributed by atoms with Crippen molar-refractivity contribution in [2.45, 2.75) is 52.9 Å². The molecule has 1 nitrogen and oxygen atoms in total. The first-order chi connectivity index (χ1) is 6.70. The number of allylic oxidation sites excluding steroid dienone is 4. The summed E-state index contributed by atoms with van der Waals surface area (Å²) in [4.78, 5) is 10.1. The predicted molar refractivity (Wildman–Crippen MR) is 62.3 cm³/mol. The summed E-state index contributed by atoms with van der Waals surface area (Å²) in [5.74, 6) is 0. The summed E-state index contributed by atoms with van der Waals surface area (Å²) in [6, 6.07) is 0. The number of carbonyl (C=O) groups is 1. The van der Waals surface area contributed by atoms with Gasteiger partial charge in [-0.3, -0.25) is 0 Å². The second kappa shape index (κ2) is 8.74. The van der Waals surface area contributed by atoms with Crippen LogP contribution in [0.15, 0.2) is 23.3 Å². The summed E-state index contributed by atoms with van der Waals surface area (Å²) in [6.45, 7) is 6.49. The van der Waals surface area contributed by atoms with Crippen LogP contribution in [-0.4, -0.2) is 6.29 Å². The lowest BCUT2D eigenvalue weighted by Crippen LogP contribution is -1.79. The van der Waals surface area contributed by atoms with Gasteiger partial charge in [-0.2, -0.15) is 0 Å². The molecule has 0 atom stereocenters. The van der Waals surface area contributed by atoms with Crippen LogP contribution in [0, 0.1) is 0 Å². The summed E-state index contributed by atoms with van der Waals surface area (Å²) in [7, 11) is 0. The molecule has 14 heavy (non-hydrogen) atoms. The SMILES string of the molecule is CC/C(C)=C/CC/C(C)=C/CCC=O. The molecule has 0 aliphatic rings. The molecule has 0 bridgehead atoms. The van der Waals surface area contributed by atoms with E-state index in [1.54, 1.807) is 0 Å². The molecule has 0 heterocycles. The molecule has 0 aromatic carbocycles. The fraction of sp³-hybridized carbons (Fsp3) is 0.615. The summed E-state index contributed by atoms with van der Waals surface area (Å²) in [6.07, 6.45) is 10.4. The van der Waals surface area contributed by atoms with Crippen LogP contribution >= 0.6 is 0 Å². The first-order valence-corrected chi connectivity index (χ1v) is 5.45. The van der Waals surface area contributed by atoms with Gasteiger partial charge in [0, 0.05) is 6.42 Å². The van der Waals surface area contributed by atoms with Gasteiger partial charge in [-0.15, -0.1) is 0 Å². The van der Waals surface area contributed by atoms with Crippen molar-refractivity contribution in [2.24, 2.45) is 0 Å². The van der Waals surface area contributed by atoms with E-state index in [4.69, 9.17) is 0 Å². The number of carbonyl (C=O) groups excluding carboxylic acids is 1. The molecule has 0 saturated heterocycles. The van der Waals surface area contributed by atoms with Gasteiger partial charge < -0.3 is 4.79 Å². The van der Waals surface area contributed by atoms with Crippen LogP contribution in [0.5, 0.6) is 0 Å². The average Bonchev–Trinajstić information content (AvgIpc) is 2.18. The van der Waals surface area contributed by atoms with Gasteiger partial charge in [-0.25, -0.2) is 0 Å². The number of rotatable bonds is 7. The summed E-state index contributed by atoms with van der Waals surface area (Å²) >= 11 is 0. The van der Waals surface area contributed by atoms with Gasteiger partial charge in [-0.05, 0) is 39.5 Å². The maximum absolute atomic E-state index is 10.1. The Balaban J connectivity index is 3.67. The van der Waals surface area contributed by atoms with E-state index in [2.05, 4.69) is 32.9 Å². The van der Waals surface area contributed by atoms with Crippen LogP contribution in [0.2, 0.25) is 0 Å². The molecule has 1 heteroatoms. The number of hydrogen-bond donors (Lipinski definition) is 0. The van der Waals surface area contributed by atoms with Gasteiger partial charge in [0.1, 0.15) is 6.29 Å². The minimum Gasteiger partial charge on any atom is -0.303 e. The van der Waals surface area contributed by atoms with Crippen LogP contribution in [0.25, 0.3) is 0 Å². The second-order valence-corrected chi connectivity index (χ2v) is 3.74. The van der Waals surface area contributed by atoms with Gasteiger partial charge in [0.05, 0.1) is 0 Å². The number of hydrogen-bond acceptors (Lipinski definition) is 1. The zero-order valence-corrected chi connectivity index (χ0v) is 9.68. The van der Waals surface area contributed by atoms with Crippen molar-refractivity contribution < 1.29 is 4.79 Å². The van der Waals surface area contributed by atoms with Crippen molar-refractivity contribution in [1.29, 1.82) is 0 Å². The molecule has 80 valence electrons. The topological polar surface area (TPSA) is 17.1 Å². The maximum Gasteiger partial charge on any atom is 0.120 e. The molecule has 0 aromatic heterocycles. The third kappa shape index (κ3) is 7.78. The first kappa shape index (κ1) is 13.2. The molecule has 0 aliphatic heterocycles. The fourth-order valence-corrected chi connectivity index (χ4v) is 1.19. The smallest absolute Gasteiger partial charge is 0.120 e. The van der Waals surface area contributed by atoms with Gasteiger partial charge in [0.25, 0.3) is 0 Å². The summed E-state index contributed by atoms with van der Waals surface area (Å²) in [5, 5.41) is 0. The van der Waals surface area contributed by atoms with Crippen molar-refractivity contribution in [1.82, 2.24) is 0 Å². The Bertz CT molecular complexity index is 211. The Kier molecular flexibility index (Phi) is 8.20. The van der Waals surface area contributed by atoms with Crippen LogP contribution in [0.3, 0.4) is 0 Å². The van der Waals surface area contributed by atoms with E-state index in [1.165, 1.54) is 11.1 Å². The first-order valence-electron chi connectivity index (χ1n) is 5.45. The van der Waals surface area contributed by atoms with E-state index < -0.39 is 0 Å². The maximum atomic E-state index is 10.1. The van der Waals surface area contributed by atoms with Crippen molar-refractivity contribution in [2.75, 3.05) is 0 Å². The Morgan fingerprint density at radius 1 is 1.00 bits per heavy atom. The zero-order valence-electron chi connectivity index (χ0n) is 9.68. The number of unbranched alkanes of at least 4 members (excludes halogenated alkanes) is 1. The highest BCUT2D eigenvalue weighted by atomic mass is 16.1. The highest BCUT2D eigenvalue weighted by Crippen LogP contribution is 2.09. The molecule has 0 aliphatic carbocycles. The minimum absolute atomic E-state index is 0.654. The molecule has 0 spiro atoms. The van der Waals surface area contributed by atoms with Crippen LogP contribution in [-0.2, 0) is 4.79 Å². The second-order valence-electron chi connectivity index (χ2n) is 3.74. The van der Waals surface area contributed by atoms with Crippen LogP contribution in [0.4, 0.5) is 0 Å². The molecule has 0 N–H and O–H groups in total. The van der Waals surface area contributed by atoms with Crippen molar-refractivity contribution in [3.8, 4) is 0 Å². The van der Waals surface area contributed by atoms with E-state index in [-0.39, 0.29) is 0 Å². The number of aldehydes is 1. The minimum atomic E-state index is 0.654. The molecule has 0 fully saturated rings. The molecular weight excluding hydrogens is 172 g/mol.